The molecule has 0 atom stereocenters. The van der Waals surface area contributed by atoms with Crippen LogP contribution in [0.1, 0.15) is 11.4 Å². The number of methoxy groups -OCH3 is 2. The van der Waals surface area contributed by atoms with Crippen LogP contribution < -0.4 is 14.9 Å². The van der Waals surface area contributed by atoms with Crippen LogP contribution in [0.2, 0.25) is 0 Å². The number of phenols is 1. The van der Waals surface area contributed by atoms with Gasteiger partial charge in [0.2, 0.25) is 11.7 Å². The van der Waals surface area contributed by atoms with E-state index in [9.17, 15) is 9.90 Å². The summed E-state index contributed by atoms with van der Waals surface area (Å²) in [7, 11) is 4.75. The number of nitrogens with one attached hydrogen (secondary N) is 1. The smallest absolute Gasteiger partial charge is 0.247 e. The molecule has 1 amide bonds. The Kier molecular flexibility index (Phi) is 5.25. The van der Waals surface area contributed by atoms with Crippen LogP contribution in [-0.2, 0) is 18.3 Å². The molecule has 1 heterocycles. The van der Waals surface area contributed by atoms with Crippen LogP contribution in [0.25, 0.3) is 11.0 Å². The molecular weight excluding hydrogens is 348 g/mol. The number of hydrogen-bond donors (Lipinski definition) is 2. The number of fused-ring (bicyclic) bond motifs is 1. The van der Waals surface area contributed by atoms with Crippen molar-refractivity contribution in [3.8, 4) is 17.2 Å². The van der Waals surface area contributed by atoms with Gasteiger partial charge in [-0.25, -0.2) is 10.4 Å². The summed E-state index contributed by atoms with van der Waals surface area (Å²) in [5.41, 5.74) is 4.88. The van der Waals surface area contributed by atoms with Gasteiger partial charge in [0.15, 0.2) is 11.5 Å². The van der Waals surface area contributed by atoms with Gasteiger partial charge in [-0.3, -0.25) is 4.79 Å². The lowest BCUT2D eigenvalue weighted by atomic mass is 10.2. The van der Waals surface area contributed by atoms with Gasteiger partial charge in [-0.15, -0.1) is 0 Å². The van der Waals surface area contributed by atoms with Crippen LogP contribution in [0.3, 0.4) is 0 Å². The number of carbonyl (C=O) groups is 1. The van der Waals surface area contributed by atoms with Crippen molar-refractivity contribution < 1.29 is 19.4 Å². The molecule has 3 aromatic rings. The van der Waals surface area contributed by atoms with Crippen LogP contribution in [0.4, 0.5) is 0 Å². The van der Waals surface area contributed by atoms with Crippen molar-refractivity contribution in [3.63, 3.8) is 0 Å². The van der Waals surface area contributed by atoms with Crippen LogP contribution in [0, 0.1) is 0 Å². The summed E-state index contributed by atoms with van der Waals surface area (Å²) in [6, 6.07) is 10.9. The number of rotatable bonds is 6. The standard InChI is InChI=1S/C19H20N4O4/c1-23-14-7-5-4-6-13(14)21-17(23)10-18(24)22-20-11-12-8-15(26-2)19(25)16(9-12)27-3/h4-9,11,25H,10H2,1-3H3,(H,22,24)/b20-11+. The van der Waals surface area contributed by atoms with Gasteiger partial charge in [0, 0.05) is 12.6 Å². The Morgan fingerprint density at radius 2 is 1.93 bits per heavy atom. The number of phenolic OH excluding ortho intramolecular Hbond substituents is 1. The number of aryl methyl sites for hydroxylation is 1. The summed E-state index contributed by atoms with van der Waals surface area (Å²) in [4.78, 5) is 16.6. The maximum absolute atomic E-state index is 12.2. The molecule has 0 aliphatic heterocycles. The van der Waals surface area contributed by atoms with Crippen molar-refractivity contribution >= 4 is 23.2 Å². The lowest BCUT2D eigenvalue weighted by Crippen LogP contribution is -2.21. The summed E-state index contributed by atoms with van der Waals surface area (Å²) in [6.07, 6.45) is 1.54. The van der Waals surface area contributed by atoms with Crippen molar-refractivity contribution in [3.05, 3.63) is 47.8 Å². The Morgan fingerprint density at radius 3 is 2.56 bits per heavy atom. The van der Waals surface area contributed by atoms with E-state index in [1.165, 1.54) is 20.4 Å². The predicted octanol–water partition coefficient (Wildman–Crippen LogP) is 1.99. The molecule has 0 aliphatic carbocycles. The van der Waals surface area contributed by atoms with Crippen molar-refractivity contribution in [2.24, 2.45) is 12.1 Å². The van der Waals surface area contributed by atoms with Crippen LogP contribution in [0.15, 0.2) is 41.5 Å². The number of para-hydroxylation sites is 2. The summed E-state index contributed by atoms with van der Waals surface area (Å²) in [5, 5.41) is 13.9. The van der Waals surface area contributed by atoms with E-state index in [0.29, 0.717) is 11.4 Å². The van der Waals surface area contributed by atoms with E-state index in [1.807, 2.05) is 35.9 Å². The van der Waals surface area contributed by atoms with E-state index in [0.717, 1.165) is 11.0 Å². The number of aromatic hydroxyl groups is 1. The van der Waals surface area contributed by atoms with Crippen LogP contribution in [0.5, 0.6) is 17.2 Å². The third kappa shape index (κ3) is 3.84. The van der Waals surface area contributed by atoms with Gasteiger partial charge < -0.3 is 19.1 Å². The van der Waals surface area contributed by atoms with Gasteiger partial charge in [-0.05, 0) is 24.3 Å². The molecule has 3 rings (SSSR count). The fraction of sp³-hybridized carbons (Fsp3) is 0.211. The average molecular weight is 368 g/mol. The Hall–Kier alpha value is -3.55. The molecule has 2 aromatic carbocycles. The molecule has 0 bridgehead atoms. The van der Waals surface area contributed by atoms with Gasteiger partial charge in [0.25, 0.3) is 0 Å². The first-order chi connectivity index (χ1) is 13.0. The maximum Gasteiger partial charge on any atom is 0.247 e. The third-order valence-electron chi connectivity index (χ3n) is 4.10. The lowest BCUT2D eigenvalue weighted by Gasteiger charge is -2.09. The number of benzene rings is 2. The summed E-state index contributed by atoms with van der Waals surface area (Å²) < 4.78 is 12.1. The second kappa shape index (κ2) is 7.77. The molecule has 0 unspecified atom stereocenters. The SMILES string of the molecule is COc1cc(/C=N/NC(=O)Cc2nc3ccccc3n2C)cc(OC)c1O. The summed E-state index contributed by atoms with van der Waals surface area (Å²) in [6.45, 7) is 0. The zero-order valence-corrected chi connectivity index (χ0v) is 15.3. The van der Waals surface area contributed by atoms with Gasteiger partial charge in [0.1, 0.15) is 5.82 Å². The quantitative estimate of drug-likeness (QED) is 0.512. The first-order valence-electron chi connectivity index (χ1n) is 8.20. The topological polar surface area (TPSA) is 98.0 Å². The molecule has 0 aliphatic rings. The Morgan fingerprint density at radius 1 is 1.26 bits per heavy atom. The Labute approximate surface area is 156 Å². The van der Waals surface area contributed by atoms with Crippen molar-refractivity contribution in [1.82, 2.24) is 15.0 Å². The molecule has 0 saturated carbocycles. The van der Waals surface area contributed by atoms with Crippen molar-refractivity contribution in [2.45, 2.75) is 6.42 Å². The maximum atomic E-state index is 12.2. The number of aromatic nitrogens is 2. The molecule has 8 heteroatoms. The zero-order valence-electron chi connectivity index (χ0n) is 15.3. The highest BCUT2D eigenvalue weighted by atomic mass is 16.5. The second-order valence-corrected chi connectivity index (χ2v) is 5.82. The summed E-state index contributed by atoms with van der Waals surface area (Å²) in [5.74, 6) is 0.769. The average Bonchev–Trinajstić information content (AvgIpc) is 2.98. The molecule has 8 nitrogen and oxygen atoms in total. The molecular formula is C19H20N4O4. The predicted molar refractivity (Wildman–Crippen MR) is 101 cm³/mol. The minimum atomic E-state index is -0.289. The van der Waals surface area contributed by atoms with E-state index < -0.39 is 0 Å². The minimum absolute atomic E-state index is 0.0944. The zero-order chi connectivity index (χ0) is 19.4. The molecule has 27 heavy (non-hydrogen) atoms. The molecule has 0 fully saturated rings. The van der Waals surface area contributed by atoms with E-state index in [2.05, 4.69) is 15.5 Å². The monoisotopic (exact) mass is 368 g/mol. The fourth-order valence-electron chi connectivity index (χ4n) is 2.70. The van der Waals surface area contributed by atoms with Gasteiger partial charge in [0.05, 0.1) is 37.9 Å². The molecule has 140 valence electrons. The first kappa shape index (κ1) is 18.2. The van der Waals surface area contributed by atoms with Crippen molar-refractivity contribution in [2.75, 3.05) is 14.2 Å². The van der Waals surface area contributed by atoms with Gasteiger partial charge >= 0.3 is 0 Å². The Bertz CT molecular complexity index is 985. The fourth-order valence-corrected chi connectivity index (χ4v) is 2.70. The highest BCUT2D eigenvalue weighted by molar-refractivity contribution is 5.85. The second-order valence-electron chi connectivity index (χ2n) is 5.82. The molecule has 0 radical (unpaired) electrons. The van der Waals surface area contributed by atoms with Crippen LogP contribution in [-0.4, -0.2) is 41.0 Å². The van der Waals surface area contributed by atoms with E-state index in [-0.39, 0.29) is 29.6 Å². The highest BCUT2D eigenvalue weighted by Crippen LogP contribution is 2.36. The number of hydrazone groups is 1. The summed E-state index contributed by atoms with van der Waals surface area (Å²) >= 11 is 0. The van der Waals surface area contributed by atoms with Gasteiger partial charge in [-0.2, -0.15) is 5.10 Å². The number of ether oxygens (including phenoxy) is 2. The van der Waals surface area contributed by atoms with Crippen LogP contribution >= 0.6 is 0 Å². The number of carbonyl (C=O) groups excluding carboxylic acids is 1. The highest BCUT2D eigenvalue weighted by Gasteiger charge is 2.12. The molecule has 2 N–H and O–H groups in total. The minimum Gasteiger partial charge on any atom is -0.502 e. The molecule has 0 saturated heterocycles. The largest absolute Gasteiger partial charge is 0.502 e. The number of imidazole rings is 1. The van der Waals surface area contributed by atoms with Gasteiger partial charge in [-0.1, -0.05) is 12.1 Å². The lowest BCUT2D eigenvalue weighted by molar-refractivity contribution is -0.120. The van der Waals surface area contributed by atoms with E-state index >= 15 is 0 Å². The third-order valence-corrected chi connectivity index (χ3v) is 4.10. The number of hydrogen-bond acceptors (Lipinski definition) is 6. The van der Waals surface area contributed by atoms with E-state index in [4.69, 9.17) is 9.47 Å². The first-order valence-corrected chi connectivity index (χ1v) is 8.20. The number of nitrogens with zero attached hydrogens (tertiary/aromatic N) is 3. The molecule has 1 aromatic heterocycles. The van der Waals surface area contributed by atoms with Crippen molar-refractivity contribution in [1.29, 1.82) is 0 Å². The number of amides is 1. The molecule has 0 spiro atoms. The normalized spacial score (nSPS) is 11.1. The van der Waals surface area contributed by atoms with E-state index in [1.54, 1.807) is 12.1 Å². The Balaban J connectivity index is 1.69.